The van der Waals surface area contributed by atoms with Gasteiger partial charge in [-0.25, -0.2) is 0 Å². The van der Waals surface area contributed by atoms with Gasteiger partial charge in [-0.15, -0.1) is 0 Å². The molecule has 5 aliphatic heterocycles. The SMILES string of the molecule is CC(=O)CCO.CC(=O)CCO.CC1(B2OC(C)(C)C(C)(C)O2)CCOC(c2ccccc2)(c2ccccc2)O1.COc1ccc(C2OCCC(C)(O)O2)cc1.COc1ccc(C=O)cc1.COc1ccc([C@H]2OCC[C@](C)(B3OC(C)(C)C(C)(C)O3)O2)cc1.O=C(c1ccccc1)c1ccccc1. The van der Waals surface area contributed by atoms with Crippen molar-refractivity contribution < 1.29 is 95.7 Å². The van der Waals surface area contributed by atoms with Crippen molar-refractivity contribution in [1.29, 1.82) is 0 Å². The molecule has 3 N–H and O–H groups in total. The van der Waals surface area contributed by atoms with Crippen LogP contribution in [0.2, 0.25) is 0 Å². The lowest BCUT2D eigenvalue weighted by atomic mass is 9.65. The molecule has 0 saturated carbocycles. The van der Waals surface area contributed by atoms with Crippen LogP contribution in [0.4, 0.5) is 0 Å². The van der Waals surface area contributed by atoms with Crippen molar-refractivity contribution in [1.82, 2.24) is 0 Å². The Kier molecular flexibility index (Phi) is 31.9. The van der Waals surface area contributed by atoms with E-state index in [-0.39, 0.29) is 41.8 Å². The van der Waals surface area contributed by atoms with E-state index >= 15 is 0 Å². The third kappa shape index (κ3) is 24.1. The van der Waals surface area contributed by atoms with Crippen LogP contribution in [0.3, 0.4) is 0 Å². The Hall–Kier alpha value is -7.77. The lowest BCUT2D eigenvalue weighted by Gasteiger charge is -2.47. The molecule has 5 saturated heterocycles. The van der Waals surface area contributed by atoms with E-state index in [4.69, 9.17) is 71.5 Å². The minimum absolute atomic E-state index is 0.0185. The Morgan fingerprint density at radius 1 is 0.452 bits per heavy atom. The summed E-state index contributed by atoms with van der Waals surface area (Å²) >= 11 is 0. The molecular formula is C82H106B2O20. The molecule has 0 bridgehead atoms. The lowest BCUT2D eigenvalue weighted by molar-refractivity contribution is -0.328. The molecule has 20 nitrogen and oxygen atoms in total. The second kappa shape index (κ2) is 39.0. The van der Waals surface area contributed by atoms with Crippen molar-refractivity contribution >= 4 is 37.9 Å². The zero-order valence-corrected chi connectivity index (χ0v) is 63.2. The fraction of sp³-hybridized carbons (Fsp3) is 0.439. The molecule has 5 heterocycles. The highest BCUT2D eigenvalue weighted by Gasteiger charge is 2.63. The van der Waals surface area contributed by atoms with E-state index in [9.17, 15) is 24.3 Å². The Balaban J connectivity index is 0.000000203. The number of carbonyl (C=O) groups excluding carboxylic acids is 4. The van der Waals surface area contributed by atoms with E-state index in [2.05, 4.69) is 62.3 Å². The van der Waals surface area contributed by atoms with E-state index in [1.165, 1.54) is 13.8 Å². The molecule has 12 rings (SSSR count). The zero-order valence-electron chi connectivity index (χ0n) is 63.2. The summed E-state index contributed by atoms with van der Waals surface area (Å²) in [5, 5.41) is 25.8. The first-order chi connectivity index (χ1) is 49.2. The normalized spacial score (nSPS) is 22.7. The molecule has 0 amide bonds. The van der Waals surface area contributed by atoms with Gasteiger partial charge in [0.05, 0.1) is 63.6 Å². The molecule has 104 heavy (non-hydrogen) atoms. The van der Waals surface area contributed by atoms with Crippen LogP contribution in [0.25, 0.3) is 0 Å². The number of aldehydes is 1. The number of methoxy groups -OCH3 is 3. The van der Waals surface area contributed by atoms with Crippen molar-refractivity contribution in [2.24, 2.45) is 0 Å². The summed E-state index contributed by atoms with van der Waals surface area (Å²) in [7, 11) is 3.96. The molecule has 0 aliphatic carbocycles. The second-order valence-corrected chi connectivity index (χ2v) is 28.0. The average Bonchev–Trinajstić information content (AvgIpc) is 1.46. The Morgan fingerprint density at radius 3 is 1.12 bits per heavy atom. The van der Waals surface area contributed by atoms with E-state index in [0.29, 0.717) is 51.1 Å². The summed E-state index contributed by atoms with van der Waals surface area (Å²) in [5.74, 6) is 0.406. The summed E-state index contributed by atoms with van der Waals surface area (Å²) in [4.78, 5) is 41.8. The Morgan fingerprint density at radius 2 is 0.788 bits per heavy atom. The van der Waals surface area contributed by atoms with Gasteiger partial charge in [0.15, 0.2) is 24.2 Å². The van der Waals surface area contributed by atoms with Gasteiger partial charge in [0.25, 0.3) is 0 Å². The summed E-state index contributed by atoms with van der Waals surface area (Å²) in [5.41, 5.74) is 3.10. The van der Waals surface area contributed by atoms with Crippen LogP contribution in [0.5, 0.6) is 17.2 Å². The number of ether oxygens (including phenoxy) is 9. The highest BCUT2D eigenvalue weighted by molar-refractivity contribution is 6.49. The number of aliphatic hydroxyl groups excluding tert-OH is 2. The van der Waals surface area contributed by atoms with Gasteiger partial charge in [-0.1, -0.05) is 146 Å². The van der Waals surface area contributed by atoms with E-state index in [1.807, 2.05) is 177 Å². The van der Waals surface area contributed by atoms with Crippen molar-refractivity contribution in [3.63, 3.8) is 0 Å². The molecule has 5 fully saturated rings. The van der Waals surface area contributed by atoms with Gasteiger partial charge in [0.2, 0.25) is 5.79 Å². The van der Waals surface area contributed by atoms with Crippen LogP contribution in [-0.2, 0) is 62.4 Å². The number of Topliss-reactive ketones (excluding diaryl/α,β-unsaturated/α-hetero) is 2. The van der Waals surface area contributed by atoms with Crippen molar-refractivity contribution in [2.45, 2.75) is 180 Å². The van der Waals surface area contributed by atoms with Crippen LogP contribution in [0.1, 0.15) is 183 Å². The third-order valence-corrected chi connectivity index (χ3v) is 18.6. The van der Waals surface area contributed by atoms with Gasteiger partial charge in [0, 0.05) is 71.4 Å². The molecule has 0 aromatic heterocycles. The van der Waals surface area contributed by atoms with Crippen LogP contribution >= 0.6 is 0 Å². The summed E-state index contributed by atoms with van der Waals surface area (Å²) in [6, 6.07) is 60.9. The predicted octanol–water partition coefficient (Wildman–Crippen LogP) is 14.4. The fourth-order valence-electron chi connectivity index (χ4n) is 10.7. The molecule has 5 atom stereocenters. The molecule has 5 aliphatic rings. The predicted molar refractivity (Wildman–Crippen MR) is 399 cm³/mol. The summed E-state index contributed by atoms with van der Waals surface area (Å²) in [6.07, 6.45) is 2.34. The van der Waals surface area contributed by atoms with Crippen molar-refractivity contribution in [3.05, 3.63) is 233 Å². The second-order valence-electron chi connectivity index (χ2n) is 28.0. The fourth-order valence-corrected chi connectivity index (χ4v) is 10.7. The summed E-state index contributed by atoms with van der Waals surface area (Å²) < 4.78 is 76.5. The molecular weight excluding hydrogens is 1330 g/mol. The average molecular weight is 1430 g/mol. The maximum atomic E-state index is 11.8. The third-order valence-electron chi connectivity index (χ3n) is 18.6. The first-order valence-electron chi connectivity index (χ1n) is 34.9. The van der Waals surface area contributed by atoms with Crippen LogP contribution < -0.4 is 14.2 Å². The quantitative estimate of drug-likeness (QED) is 0.0462. The number of carbonyl (C=O) groups is 4. The van der Waals surface area contributed by atoms with Crippen LogP contribution in [0, 0.1) is 0 Å². The van der Waals surface area contributed by atoms with Gasteiger partial charge in [0.1, 0.15) is 46.1 Å². The van der Waals surface area contributed by atoms with Gasteiger partial charge >= 0.3 is 14.2 Å². The molecule has 0 radical (unpaired) electrons. The Labute approximate surface area is 615 Å². The lowest BCUT2D eigenvalue weighted by Crippen LogP contribution is -2.58. The number of benzene rings is 7. The number of aliphatic hydroxyl groups is 3. The smallest absolute Gasteiger partial charge is 0.492 e. The molecule has 7 aromatic carbocycles. The number of hydrogen-bond donors (Lipinski definition) is 3. The van der Waals surface area contributed by atoms with Gasteiger partial charge in [-0.3, -0.25) is 19.2 Å². The maximum absolute atomic E-state index is 11.8. The van der Waals surface area contributed by atoms with Crippen LogP contribution in [-0.4, -0.2) is 147 Å². The van der Waals surface area contributed by atoms with Gasteiger partial charge < -0.3 is 76.6 Å². The van der Waals surface area contributed by atoms with E-state index in [1.54, 1.807) is 52.5 Å². The molecule has 560 valence electrons. The number of ketones is 3. The van der Waals surface area contributed by atoms with E-state index in [0.717, 1.165) is 63.3 Å². The highest BCUT2D eigenvalue weighted by atomic mass is 16.8. The highest BCUT2D eigenvalue weighted by Crippen LogP contribution is 2.49. The first kappa shape index (κ1) is 85.2. The van der Waals surface area contributed by atoms with E-state index < -0.39 is 60.6 Å². The maximum Gasteiger partial charge on any atom is 0.492 e. The number of hydrogen-bond acceptors (Lipinski definition) is 20. The minimum Gasteiger partial charge on any atom is -0.497 e. The molecule has 7 aromatic rings. The minimum atomic E-state index is -1.11. The number of rotatable bonds is 16. The van der Waals surface area contributed by atoms with Crippen LogP contribution in [0.15, 0.2) is 194 Å². The molecule has 0 spiro atoms. The monoisotopic (exact) mass is 1430 g/mol. The largest absolute Gasteiger partial charge is 0.497 e. The first-order valence-corrected chi connectivity index (χ1v) is 34.9. The zero-order chi connectivity index (χ0) is 76.4. The van der Waals surface area contributed by atoms with Crippen molar-refractivity contribution in [2.75, 3.05) is 54.4 Å². The topological polar surface area (TPSA) is 249 Å². The molecule has 3 unspecified atom stereocenters. The Bertz CT molecular complexity index is 3580. The molecule has 22 heteroatoms. The standard InChI is InChI=1S/C23H29BO4.C18H27BO5.C13H10O.C12H16O4.C8H8O2.2C4H8O2/c1-20(2)21(3,4)28-24(27-20)22(5)16-17-25-23(26-22,18-12-8-6-9-13-18)19-14-10-7-11-15-19;1-16(2)17(3,4)24-19(23-16)18(5)11-12-21-15(22-18)13-7-9-14(20-6)10-8-13;14-13(11-7-3-1-4-8-11)12-9-5-2-6-10-12;1-12(13)7-8-15-11(16-12)9-3-5-10(14-2)6-4-9;1-10-8-4-2-7(6-9)3-5-8;2*1-4(6)2-3-5/h6-15H,16-17H2,1-5H3;7-10,15H,11-12H2,1-6H3;1-10H;3-6,11,13H,7-8H2,1-2H3;2-6H,1H3;2*5H,2-3H2,1H3/t;15-,18+;;;;;/m.0...../s1. The van der Waals surface area contributed by atoms with Gasteiger partial charge in [-0.2, -0.15) is 0 Å². The van der Waals surface area contributed by atoms with Crippen molar-refractivity contribution in [3.8, 4) is 17.2 Å². The summed E-state index contributed by atoms with van der Waals surface area (Å²) in [6.45, 7) is 26.7. The van der Waals surface area contributed by atoms with Gasteiger partial charge in [-0.05, 0) is 151 Å².